The van der Waals surface area contributed by atoms with Gasteiger partial charge in [0.05, 0.1) is 17.3 Å². The van der Waals surface area contributed by atoms with Crippen molar-refractivity contribution >= 4 is 56.4 Å². The van der Waals surface area contributed by atoms with Crippen molar-refractivity contribution in [2.45, 2.75) is 11.7 Å². The Morgan fingerprint density at radius 1 is 1.43 bits per heavy atom. The van der Waals surface area contributed by atoms with Gasteiger partial charge in [-0.3, -0.25) is 9.59 Å². The Kier molecular flexibility index (Phi) is 4.39. The van der Waals surface area contributed by atoms with E-state index in [0.717, 1.165) is 17.1 Å². The van der Waals surface area contributed by atoms with E-state index >= 15 is 0 Å². The van der Waals surface area contributed by atoms with Gasteiger partial charge in [-0.2, -0.15) is 5.10 Å². The number of benzene rings is 1. The molecule has 1 saturated heterocycles. The molecule has 118 valence electrons. The first-order valence-electron chi connectivity index (χ1n) is 6.50. The summed E-state index contributed by atoms with van der Waals surface area (Å²) in [5, 5.41) is 20.8. The average Bonchev–Trinajstić information content (AvgIpc) is 3.09. The number of nitrogens with zero attached hydrogens (tertiary/aromatic N) is 2. The van der Waals surface area contributed by atoms with Crippen molar-refractivity contribution in [2.24, 2.45) is 10.2 Å². The predicted octanol–water partition coefficient (Wildman–Crippen LogP) is 2.44. The maximum absolute atomic E-state index is 14.2. The number of amidine groups is 1. The number of carboxylic acids is 1. The number of carbonyl (C=O) groups is 2. The second-order valence-corrected chi connectivity index (χ2v) is 6.76. The Labute approximate surface area is 138 Å². The summed E-state index contributed by atoms with van der Waals surface area (Å²) in [6.07, 6.45) is 0.974. The second-order valence-electron chi connectivity index (χ2n) is 4.65. The van der Waals surface area contributed by atoms with Gasteiger partial charge in [-0.05, 0) is 22.9 Å². The lowest BCUT2D eigenvalue weighted by Crippen LogP contribution is -2.26. The number of amides is 1. The van der Waals surface area contributed by atoms with Crippen LogP contribution in [0.3, 0.4) is 0 Å². The number of aliphatic carboxylic acids is 1. The fourth-order valence-corrected chi connectivity index (χ4v) is 3.76. The van der Waals surface area contributed by atoms with E-state index in [4.69, 9.17) is 5.11 Å². The minimum atomic E-state index is -1.06. The quantitative estimate of drug-likeness (QED) is 0.654. The molecular weight excluding hydrogens is 341 g/mol. The van der Waals surface area contributed by atoms with Crippen molar-refractivity contribution in [3.8, 4) is 0 Å². The van der Waals surface area contributed by atoms with E-state index in [1.165, 1.54) is 17.6 Å². The molecule has 0 radical (unpaired) electrons. The highest BCUT2D eigenvalue weighted by Gasteiger charge is 2.32. The molecule has 0 aliphatic carbocycles. The van der Waals surface area contributed by atoms with Crippen molar-refractivity contribution in [3.05, 3.63) is 35.0 Å². The highest BCUT2D eigenvalue weighted by Crippen LogP contribution is 2.26. The van der Waals surface area contributed by atoms with Crippen LogP contribution in [-0.2, 0) is 9.59 Å². The molecule has 1 atom stereocenters. The van der Waals surface area contributed by atoms with Gasteiger partial charge in [-0.1, -0.05) is 17.8 Å². The maximum atomic E-state index is 14.2. The first kappa shape index (κ1) is 15.6. The number of thiophene rings is 1. The zero-order valence-electron chi connectivity index (χ0n) is 11.5. The van der Waals surface area contributed by atoms with Crippen LogP contribution < -0.4 is 5.32 Å². The Morgan fingerprint density at radius 2 is 2.26 bits per heavy atom. The molecule has 9 heteroatoms. The molecule has 1 amide bonds. The van der Waals surface area contributed by atoms with Gasteiger partial charge in [0.2, 0.25) is 5.91 Å². The molecule has 23 heavy (non-hydrogen) atoms. The van der Waals surface area contributed by atoms with Gasteiger partial charge in [0.25, 0.3) is 0 Å². The molecule has 1 aliphatic heterocycles. The third kappa shape index (κ3) is 3.40. The van der Waals surface area contributed by atoms with Gasteiger partial charge in [0.1, 0.15) is 11.1 Å². The minimum Gasteiger partial charge on any atom is -0.481 e. The zero-order valence-corrected chi connectivity index (χ0v) is 13.2. The van der Waals surface area contributed by atoms with Crippen LogP contribution in [0.25, 0.3) is 10.1 Å². The molecule has 2 aromatic rings. The summed E-state index contributed by atoms with van der Waals surface area (Å²) in [5.74, 6) is -1.85. The molecule has 1 fully saturated rings. The van der Waals surface area contributed by atoms with Crippen molar-refractivity contribution in [1.29, 1.82) is 0 Å². The molecule has 1 aliphatic rings. The molecule has 0 bridgehead atoms. The minimum absolute atomic E-state index is 0.204. The van der Waals surface area contributed by atoms with Gasteiger partial charge in [0, 0.05) is 5.56 Å². The monoisotopic (exact) mass is 351 g/mol. The number of hydrogen-bond acceptors (Lipinski definition) is 6. The highest BCUT2D eigenvalue weighted by molar-refractivity contribution is 8.15. The molecule has 2 N–H and O–H groups in total. The molecule has 1 aromatic heterocycles. The first-order chi connectivity index (χ1) is 11.0. The van der Waals surface area contributed by atoms with Crippen LogP contribution in [0.4, 0.5) is 4.39 Å². The SMILES string of the molecule is O=C(O)CC1SC(=NN=Cc2ccc3ccsc3c2F)NC1=O. The van der Waals surface area contributed by atoms with Gasteiger partial charge < -0.3 is 10.4 Å². The molecule has 0 spiro atoms. The lowest BCUT2D eigenvalue weighted by atomic mass is 10.2. The summed E-state index contributed by atoms with van der Waals surface area (Å²) in [6, 6.07) is 5.22. The largest absolute Gasteiger partial charge is 0.481 e. The van der Waals surface area contributed by atoms with E-state index in [2.05, 4.69) is 15.5 Å². The third-order valence-electron chi connectivity index (χ3n) is 3.07. The van der Waals surface area contributed by atoms with Crippen LogP contribution in [0.15, 0.2) is 33.8 Å². The molecular formula is C14H10FN3O3S2. The smallest absolute Gasteiger partial charge is 0.305 e. The lowest BCUT2D eigenvalue weighted by molar-refractivity contribution is -0.138. The Balaban J connectivity index is 1.74. The summed E-state index contributed by atoms with van der Waals surface area (Å²) in [5.41, 5.74) is 0.292. The van der Waals surface area contributed by atoms with E-state index in [1.807, 2.05) is 11.4 Å². The maximum Gasteiger partial charge on any atom is 0.305 e. The van der Waals surface area contributed by atoms with Crippen LogP contribution >= 0.6 is 23.1 Å². The van der Waals surface area contributed by atoms with Crippen LogP contribution in [0.5, 0.6) is 0 Å². The summed E-state index contributed by atoms with van der Waals surface area (Å²) >= 11 is 2.30. The number of nitrogens with one attached hydrogen (secondary N) is 1. The standard InChI is InChI=1S/C14H10FN3O3S2/c15-11-8(2-1-7-3-4-22-12(7)11)6-16-18-14-17-13(21)9(23-14)5-10(19)20/h1-4,6,9H,5H2,(H,19,20)(H,17,18,21). The zero-order chi connectivity index (χ0) is 16.4. The van der Waals surface area contributed by atoms with E-state index in [1.54, 1.807) is 12.1 Å². The van der Waals surface area contributed by atoms with Crippen molar-refractivity contribution in [3.63, 3.8) is 0 Å². The Morgan fingerprint density at radius 3 is 3.04 bits per heavy atom. The van der Waals surface area contributed by atoms with E-state index in [0.29, 0.717) is 10.3 Å². The number of rotatable bonds is 4. The number of hydrogen-bond donors (Lipinski definition) is 2. The number of carbonyl (C=O) groups excluding carboxylic acids is 1. The fourth-order valence-electron chi connectivity index (χ4n) is 2.00. The van der Waals surface area contributed by atoms with Crippen molar-refractivity contribution in [1.82, 2.24) is 5.32 Å². The summed E-state index contributed by atoms with van der Waals surface area (Å²) in [4.78, 5) is 22.2. The van der Waals surface area contributed by atoms with Crippen LogP contribution in [0.2, 0.25) is 0 Å². The average molecular weight is 351 g/mol. The van der Waals surface area contributed by atoms with Crippen LogP contribution in [0, 0.1) is 5.82 Å². The number of carboxylic acid groups (broad SMARTS) is 1. The van der Waals surface area contributed by atoms with Gasteiger partial charge in [-0.25, -0.2) is 4.39 Å². The lowest BCUT2D eigenvalue weighted by Gasteiger charge is -1.98. The summed E-state index contributed by atoms with van der Waals surface area (Å²) in [7, 11) is 0. The Hall–Kier alpha value is -2.26. The van der Waals surface area contributed by atoms with Crippen molar-refractivity contribution in [2.75, 3.05) is 0 Å². The Bertz CT molecular complexity index is 847. The van der Waals surface area contributed by atoms with Crippen LogP contribution in [0.1, 0.15) is 12.0 Å². The number of fused-ring (bicyclic) bond motifs is 1. The molecule has 1 unspecified atom stereocenters. The first-order valence-corrected chi connectivity index (χ1v) is 8.26. The second kappa shape index (κ2) is 6.47. The van der Waals surface area contributed by atoms with Crippen molar-refractivity contribution < 1.29 is 19.1 Å². The molecule has 6 nitrogen and oxygen atoms in total. The molecule has 3 rings (SSSR count). The summed E-state index contributed by atoms with van der Waals surface area (Å²) in [6.45, 7) is 0. The predicted molar refractivity (Wildman–Crippen MR) is 88.6 cm³/mol. The fraction of sp³-hybridized carbons (Fsp3) is 0.143. The molecule has 1 aromatic carbocycles. The topological polar surface area (TPSA) is 91.1 Å². The van der Waals surface area contributed by atoms with Gasteiger partial charge in [0.15, 0.2) is 5.17 Å². The van der Waals surface area contributed by atoms with Crippen LogP contribution in [-0.4, -0.2) is 33.6 Å². The molecule has 2 heterocycles. The van der Waals surface area contributed by atoms with E-state index < -0.39 is 17.1 Å². The third-order valence-corrected chi connectivity index (χ3v) is 5.07. The highest BCUT2D eigenvalue weighted by atomic mass is 32.2. The number of halogens is 1. The van der Waals surface area contributed by atoms with Gasteiger partial charge >= 0.3 is 5.97 Å². The van der Waals surface area contributed by atoms with Gasteiger partial charge in [-0.15, -0.1) is 16.4 Å². The van der Waals surface area contributed by atoms with E-state index in [-0.39, 0.29) is 17.4 Å². The molecule has 0 saturated carbocycles. The number of thioether (sulfide) groups is 1. The summed E-state index contributed by atoms with van der Waals surface area (Å²) < 4.78 is 14.7. The normalized spacial score (nSPS) is 19.8. The van der Waals surface area contributed by atoms with E-state index in [9.17, 15) is 14.0 Å².